The number of benzene rings is 1. The first-order valence-electron chi connectivity index (χ1n) is 7.48. The molecule has 1 heterocycles. The van der Waals surface area contributed by atoms with Crippen molar-refractivity contribution in [2.24, 2.45) is 5.92 Å². The fourth-order valence-corrected chi connectivity index (χ4v) is 3.02. The van der Waals surface area contributed by atoms with Gasteiger partial charge in [-0.05, 0) is 42.9 Å². The van der Waals surface area contributed by atoms with Crippen LogP contribution in [0.3, 0.4) is 0 Å². The lowest BCUT2D eigenvalue weighted by atomic mass is 9.88. The molecule has 1 fully saturated rings. The van der Waals surface area contributed by atoms with Gasteiger partial charge in [0.25, 0.3) is 0 Å². The van der Waals surface area contributed by atoms with E-state index in [0.29, 0.717) is 0 Å². The molecule has 1 aliphatic heterocycles. The largest absolute Gasteiger partial charge is 0.377 e. The van der Waals surface area contributed by atoms with Crippen LogP contribution in [0.5, 0.6) is 0 Å². The highest BCUT2D eigenvalue weighted by Gasteiger charge is 2.33. The molecule has 0 aliphatic carbocycles. The van der Waals surface area contributed by atoms with Crippen molar-refractivity contribution in [3.63, 3.8) is 0 Å². The zero-order valence-electron chi connectivity index (χ0n) is 12.2. The summed E-state index contributed by atoms with van der Waals surface area (Å²) in [5.41, 5.74) is 3.53. The van der Waals surface area contributed by atoms with Crippen molar-refractivity contribution in [2.45, 2.75) is 52.6 Å². The topological polar surface area (TPSA) is 26.3 Å². The Balaban J connectivity index is 2.24. The maximum atomic E-state index is 12.6. The second kappa shape index (κ2) is 6.33. The summed E-state index contributed by atoms with van der Waals surface area (Å²) in [6, 6.07) is 6.19. The van der Waals surface area contributed by atoms with E-state index in [-0.39, 0.29) is 17.8 Å². The molecule has 2 heteroatoms. The van der Waals surface area contributed by atoms with Crippen LogP contribution in [0.25, 0.3) is 0 Å². The third-order valence-corrected chi connectivity index (χ3v) is 4.20. The summed E-state index contributed by atoms with van der Waals surface area (Å²) in [7, 11) is 0. The highest BCUT2D eigenvalue weighted by molar-refractivity contribution is 5.98. The molecule has 1 aliphatic rings. The second-order valence-electron chi connectivity index (χ2n) is 5.27. The van der Waals surface area contributed by atoms with Gasteiger partial charge in [0.15, 0.2) is 5.78 Å². The van der Waals surface area contributed by atoms with Crippen molar-refractivity contribution in [2.75, 3.05) is 6.61 Å². The summed E-state index contributed by atoms with van der Waals surface area (Å²) >= 11 is 0. The van der Waals surface area contributed by atoms with Crippen LogP contribution in [0.15, 0.2) is 18.2 Å². The molecular weight excluding hydrogens is 236 g/mol. The van der Waals surface area contributed by atoms with Crippen LogP contribution in [-0.4, -0.2) is 18.5 Å². The van der Waals surface area contributed by atoms with E-state index in [4.69, 9.17) is 4.74 Å². The molecule has 1 aromatic carbocycles. The number of ketones is 1. The summed E-state index contributed by atoms with van der Waals surface area (Å²) in [6.45, 7) is 7.13. The van der Waals surface area contributed by atoms with Gasteiger partial charge in [-0.1, -0.05) is 32.9 Å². The van der Waals surface area contributed by atoms with Crippen molar-refractivity contribution in [3.05, 3.63) is 34.9 Å². The number of Topliss-reactive ketones (excluding diaryl/α,β-unsaturated/α-hetero) is 1. The predicted octanol–water partition coefficient (Wildman–Crippen LogP) is 3.81. The van der Waals surface area contributed by atoms with Crippen LogP contribution >= 0.6 is 0 Å². The molecule has 0 radical (unpaired) electrons. The minimum Gasteiger partial charge on any atom is -0.377 e. The molecule has 1 saturated heterocycles. The normalized spacial score (nSPS) is 22.7. The Bertz CT molecular complexity index is 451. The highest BCUT2D eigenvalue weighted by Crippen LogP contribution is 2.27. The van der Waals surface area contributed by atoms with Crippen LogP contribution in [0.1, 0.15) is 55.1 Å². The van der Waals surface area contributed by atoms with Crippen molar-refractivity contribution < 1.29 is 9.53 Å². The summed E-state index contributed by atoms with van der Waals surface area (Å²) in [4.78, 5) is 12.6. The summed E-state index contributed by atoms with van der Waals surface area (Å²) < 4.78 is 5.64. The Hall–Kier alpha value is -1.15. The molecule has 0 spiro atoms. The number of hydrogen-bond donors (Lipinski definition) is 0. The molecule has 2 unspecified atom stereocenters. The molecule has 1 aromatic rings. The number of carbonyl (C=O) groups is 1. The van der Waals surface area contributed by atoms with Crippen molar-refractivity contribution in [1.82, 2.24) is 0 Å². The van der Waals surface area contributed by atoms with Gasteiger partial charge in [0, 0.05) is 12.2 Å². The van der Waals surface area contributed by atoms with Crippen LogP contribution in [0, 0.1) is 5.92 Å². The molecule has 0 aromatic heterocycles. The third kappa shape index (κ3) is 2.89. The smallest absolute Gasteiger partial charge is 0.168 e. The molecule has 2 atom stereocenters. The fraction of sp³-hybridized carbons (Fsp3) is 0.588. The summed E-state index contributed by atoms with van der Waals surface area (Å²) in [5.74, 6) is 0.323. The number of hydrogen-bond acceptors (Lipinski definition) is 2. The van der Waals surface area contributed by atoms with E-state index >= 15 is 0 Å². The van der Waals surface area contributed by atoms with Gasteiger partial charge in [-0.3, -0.25) is 4.79 Å². The summed E-state index contributed by atoms with van der Waals surface area (Å²) in [5, 5.41) is 0. The van der Waals surface area contributed by atoms with Gasteiger partial charge in [0.1, 0.15) is 0 Å². The molecule has 0 bridgehead atoms. The van der Waals surface area contributed by atoms with Gasteiger partial charge in [-0.25, -0.2) is 0 Å². The van der Waals surface area contributed by atoms with Gasteiger partial charge >= 0.3 is 0 Å². The van der Waals surface area contributed by atoms with Gasteiger partial charge in [-0.2, -0.15) is 0 Å². The van der Waals surface area contributed by atoms with E-state index in [1.807, 2.05) is 6.07 Å². The maximum absolute atomic E-state index is 12.6. The predicted molar refractivity (Wildman–Crippen MR) is 77.7 cm³/mol. The third-order valence-electron chi connectivity index (χ3n) is 4.20. The molecule has 2 rings (SSSR count). The SMILES string of the molecule is CCc1ccc(C(=O)C2CCOC2CC)cc1CC. The minimum atomic E-state index is 0.0576. The van der Waals surface area contributed by atoms with Crippen molar-refractivity contribution >= 4 is 5.78 Å². The van der Waals surface area contributed by atoms with E-state index < -0.39 is 0 Å². The Labute approximate surface area is 116 Å². The minimum absolute atomic E-state index is 0.0576. The maximum Gasteiger partial charge on any atom is 0.168 e. The number of carbonyl (C=O) groups excluding carboxylic acids is 1. The van der Waals surface area contributed by atoms with Crippen LogP contribution in [-0.2, 0) is 17.6 Å². The number of rotatable bonds is 5. The van der Waals surface area contributed by atoms with E-state index in [1.54, 1.807) is 0 Å². The van der Waals surface area contributed by atoms with E-state index in [1.165, 1.54) is 11.1 Å². The molecule has 104 valence electrons. The molecule has 19 heavy (non-hydrogen) atoms. The molecule has 0 saturated carbocycles. The van der Waals surface area contributed by atoms with E-state index in [0.717, 1.165) is 37.9 Å². The molecular formula is C17H24O2. The first-order chi connectivity index (χ1) is 9.21. The quantitative estimate of drug-likeness (QED) is 0.752. The lowest BCUT2D eigenvalue weighted by Crippen LogP contribution is -2.24. The average molecular weight is 260 g/mol. The lowest BCUT2D eigenvalue weighted by Gasteiger charge is -2.16. The Morgan fingerprint density at radius 2 is 1.95 bits per heavy atom. The van der Waals surface area contributed by atoms with Gasteiger partial charge in [0.2, 0.25) is 0 Å². The fourth-order valence-electron chi connectivity index (χ4n) is 3.02. The van der Waals surface area contributed by atoms with Gasteiger partial charge in [0.05, 0.1) is 12.0 Å². The van der Waals surface area contributed by atoms with Gasteiger partial charge in [-0.15, -0.1) is 0 Å². The Morgan fingerprint density at radius 3 is 2.58 bits per heavy atom. The van der Waals surface area contributed by atoms with Crippen molar-refractivity contribution in [3.8, 4) is 0 Å². The average Bonchev–Trinajstić information content (AvgIpc) is 2.94. The van der Waals surface area contributed by atoms with E-state index in [2.05, 4.69) is 32.9 Å². The molecule has 0 amide bonds. The van der Waals surface area contributed by atoms with Crippen molar-refractivity contribution in [1.29, 1.82) is 0 Å². The molecule has 0 N–H and O–H groups in total. The molecule has 2 nitrogen and oxygen atoms in total. The Morgan fingerprint density at radius 1 is 1.21 bits per heavy atom. The van der Waals surface area contributed by atoms with E-state index in [9.17, 15) is 4.79 Å². The zero-order valence-corrected chi connectivity index (χ0v) is 12.2. The monoisotopic (exact) mass is 260 g/mol. The Kier molecular flexibility index (Phi) is 4.76. The standard InChI is InChI=1S/C17H24O2/c1-4-12-7-8-14(11-13(12)5-2)17(18)15-9-10-19-16(15)6-3/h7-8,11,15-16H,4-6,9-10H2,1-3H3. The number of ether oxygens (including phenoxy) is 1. The number of aryl methyl sites for hydroxylation is 2. The van der Waals surface area contributed by atoms with Crippen LogP contribution in [0.2, 0.25) is 0 Å². The van der Waals surface area contributed by atoms with Crippen LogP contribution < -0.4 is 0 Å². The first-order valence-corrected chi connectivity index (χ1v) is 7.48. The highest BCUT2D eigenvalue weighted by atomic mass is 16.5. The lowest BCUT2D eigenvalue weighted by molar-refractivity contribution is 0.0689. The van der Waals surface area contributed by atoms with Crippen LogP contribution in [0.4, 0.5) is 0 Å². The zero-order chi connectivity index (χ0) is 13.8. The van der Waals surface area contributed by atoms with Gasteiger partial charge < -0.3 is 4.74 Å². The summed E-state index contributed by atoms with van der Waals surface area (Å²) in [6.07, 6.45) is 3.92. The first kappa shape index (κ1) is 14.3. The second-order valence-corrected chi connectivity index (χ2v) is 5.27.